The molecule has 1 saturated heterocycles. The van der Waals surface area contributed by atoms with E-state index in [0.29, 0.717) is 6.04 Å². The first-order chi connectivity index (χ1) is 9.20. The van der Waals surface area contributed by atoms with E-state index in [1.54, 1.807) is 0 Å². The van der Waals surface area contributed by atoms with Gasteiger partial charge in [-0.25, -0.2) is 4.98 Å². The summed E-state index contributed by atoms with van der Waals surface area (Å²) in [5, 5.41) is 3.32. The topological polar surface area (TPSA) is 28.2 Å². The van der Waals surface area contributed by atoms with Crippen molar-refractivity contribution in [2.24, 2.45) is 0 Å². The molecule has 1 aromatic heterocycles. The summed E-state index contributed by atoms with van der Waals surface area (Å²) in [5.74, 6) is 1.12. The minimum absolute atomic E-state index is 0.619. The van der Waals surface area contributed by atoms with Crippen molar-refractivity contribution in [3.63, 3.8) is 0 Å². The predicted molar refractivity (Wildman–Crippen MR) is 86.1 cm³/mol. The van der Waals surface area contributed by atoms with E-state index < -0.39 is 0 Å². The highest BCUT2D eigenvalue weighted by Crippen LogP contribution is 2.20. The Morgan fingerprint density at radius 1 is 1.16 bits per heavy atom. The number of aryl methyl sites for hydroxylation is 2. The van der Waals surface area contributed by atoms with E-state index in [2.05, 4.69) is 35.1 Å². The minimum Gasteiger partial charge on any atom is -0.355 e. The molecule has 1 fully saturated rings. The third-order valence-electron chi connectivity index (χ3n) is 3.28. The normalized spacial score (nSPS) is 17.2. The first-order valence-corrected chi connectivity index (χ1v) is 7.56. The number of pyridine rings is 1. The van der Waals surface area contributed by atoms with Crippen LogP contribution in [0.4, 0.5) is 5.82 Å². The number of anilines is 1. The molecule has 19 heavy (non-hydrogen) atoms. The number of likely N-dealkylation sites (N-methyl/N-ethyl adjacent to an activating group) is 1. The monoisotopic (exact) mass is 265 g/mol. The second-order valence-electron chi connectivity index (χ2n) is 4.35. The molecule has 2 rings (SSSR count). The standard InChI is InChI=1S/C12H19N3.2C2H6/c1-9-6-12(14-7-10(9)2)15-5-4-11(8-15)13-3;2*1-2/h6-7,11,13H,4-5,8H2,1-3H3;2*1-2H3. The van der Waals surface area contributed by atoms with Gasteiger partial charge >= 0.3 is 0 Å². The summed E-state index contributed by atoms with van der Waals surface area (Å²) in [4.78, 5) is 6.84. The predicted octanol–water partition coefficient (Wildman–Crippen LogP) is 3.55. The number of nitrogens with one attached hydrogen (secondary N) is 1. The average Bonchev–Trinajstić information content (AvgIpc) is 2.95. The molecule has 1 aliphatic heterocycles. The van der Waals surface area contributed by atoms with Crippen molar-refractivity contribution in [3.05, 3.63) is 23.4 Å². The van der Waals surface area contributed by atoms with E-state index in [4.69, 9.17) is 0 Å². The molecule has 3 heteroatoms. The van der Waals surface area contributed by atoms with Gasteiger partial charge in [-0.15, -0.1) is 0 Å². The van der Waals surface area contributed by atoms with Gasteiger partial charge in [0.2, 0.25) is 0 Å². The van der Waals surface area contributed by atoms with Crippen LogP contribution >= 0.6 is 0 Å². The van der Waals surface area contributed by atoms with Crippen LogP contribution in [0.5, 0.6) is 0 Å². The van der Waals surface area contributed by atoms with Crippen LogP contribution in [0.2, 0.25) is 0 Å². The van der Waals surface area contributed by atoms with Gasteiger partial charge in [-0.3, -0.25) is 0 Å². The SMILES string of the molecule is CC.CC.CNC1CCN(c2cc(C)c(C)cn2)C1. The smallest absolute Gasteiger partial charge is 0.128 e. The lowest BCUT2D eigenvalue weighted by Crippen LogP contribution is -2.29. The molecule has 1 atom stereocenters. The van der Waals surface area contributed by atoms with E-state index in [-0.39, 0.29) is 0 Å². The van der Waals surface area contributed by atoms with Gasteiger partial charge < -0.3 is 10.2 Å². The van der Waals surface area contributed by atoms with Crippen molar-refractivity contribution in [1.82, 2.24) is 10.3 Å². The molecule has 0 radical (unpaired) electrons. The average molecular weight is 265 g/mol. The number of hydrogen-bond acceptors (Lipinski definition) is 3. The van der Waals surface area contributed by atoms with E-state index in [1.807, 2.05) is 40.9 Å². The summed E-state index contributed by atoms with van der Waals surface area (Å²) in [6.07, 6.45) is 3.18. The lowest BCUT2D eigenvalue weighted by molar-refractivity contribution is 0.616. The van der Waals surface area contributed by atoms with Crippen LogP contribution in [-0.4, -0.2) is 31.2 Å². The van der Waals surface area contributed by atoms with Crippen LogP contribution in [0.1, 0.15) is 45.2 Å². The highest BCUT2D eigenvalue weighted by atomic mass is 15.2. The van der Waals surface area contributed by atoms with E-state index in [1.165, 1.54) is 17.5 Å². The van der Waals surface area contributed by atoms with Gasteiger partial charge in [0, 0.05) is 25.3 Å². The Morgan fingerprint density at radius 2 is 1.79 bits per heavy atom. The second kappa shape index (κ2) is 9.79. The summed E-state index contributed by atoms with van der Waals surface area (Å²) in [5.41, 5.74) is 2.59. The minimum atomic E-state index is 0.619. The Morgan fingerprint density at radius 3 is 2.26 bits per heavy atom. The maximum absolute atomic E-state index is 4.49. The molecule has 0 amide bonds. The van der Waals surface area contributed by atoms with Crippen molar-refractivity contribution in [3.8, 4) is 0 Å². The lowest BCUT2D eigenvalue weighted by Gasteiger charge is -2.18. The van der Waals surface area contributed by atoms with Gasteiger partial charge in [-0.2, -0.15) is 0 Å². The fourth-order valence-electron chi connectivity index (χ4n) is 1.99. The van der Waals surface area contributed by atoms with Crippen LogP contribution in [0.15, 0.2) is 12.3 Å². The van der Waals surface area contributed by atoms with Gasteiger partial charge in [0.25, 0.3) is 0 Å². The van der Waals surface area contributed by atoms with E-state index >= 15 is 0 Å². The molecule has 1 aromatic rings. The fourth-order valence-corrected chi connectivity index (χ4v) is 1.99. The molecule has 0 aromatic carbocycles. The Labute approximate surface area is 119 Å². The highest BCUT2D eigenvalue weighted by molar-refractivity contribution is 5.44. The maximum Gasteiger partial charge on any atom is 0.128 e. The summed E-state index contributed by atoms with van der Waals surface area (Å²) >= 11 is 0. The van der Waals surface area contributed by atoms with Crippen molar-refractivity contribution >= 4 is 5.82 Å². The quantitative estimate of drug-likeness (QED) is 0.886. The van der Waals surface area contributed by atoms with Crippen molar-refractivity contribution in [1.29, 1.82) is 0 Å². The van der Waals surface area contributed by atoms with Crippen molar-refractivity contribution < 1.29 is 0 Å². The summed E-state index contributed by atoms with van der Waals surface area (Å²) < 4.78 is 0. The van der Waals surface area contributed by atoms with Gasteiger partial charge in [0.05, 0.1) is 0 Å². The number of hydrogen-bond donors (Lipinski definition) is 1. The molecule has 3 nitrogen and oxygen atoms in total. The Kier molecular flexibility index (Phi) is 9.23. The van der Waals surface area contributed by atoms with E-state index in [9.17, 15) is 0 Å². The summed E-state index contributed by atoms with van der Waals surface area (Å²) in [6, 6.07) is 2.81. The third-order valence-corrected chi connectivity index (χ3v) is 3.28. The molecular weight excluding hydrogens is 234 g/mol. The number of aromatic nitrogens is 1. The second-order valence-corrected chi connectivity index (χ2v) is 4.35. The Hall–Kier alpha value is -1.09. The summed E-state index contributed by atoms with van der Waals surface area (Å²) in [6.45, 7) is 14.4. The molecule has 0 saturated carbocycles. The highest BCUT2D eigenvalue weighted by Gasteiger charge is 2.21. The van der Waals surface area contributed by atoms with Crippen LogP contribution < -0.4 is 10.2 Å². The molecule has 1 aliphatic rings. The van der Waals surface area contributed by atoms with Gasteiger partial charge in [-0.1, -0.05) is 27.7 Å². The molecule has 0 bridgehead atoms. The molecule has 0 spiro atoms. The first-order valence-electron chi connectivity index (χ1n) is 7.56. The molecule has 1 N–H and O–H groups in total. The van der Waals surface area contributed by atoms with Gasteiger partial charge in [0.15, 0.2) is 0 Å². The number of nitrogens with zero attached hydrogens (tertiary/aromatic N) is 2. The maximum atomic E-state index is 4.49. The number of rotatable bonds is 2. The lowest BCUT2D eigenvalue weighted by atomic mass is 10.2. The van der Waals surface area contributed by atoms with Crippen LogP contribution in [0.3, 0.4) is 0 Å². The van der Waals surface area contributed by atoms with Gasteiger partial charge in [-0.05, 0) is 44.5 Å². The Balaban J connectivity index is 0.000000741. The zero-order valence-corrected chi connectivity index (χ0v) is 13.7. The van der Waals surface area contributed by atoms with Crippen molar-refractivity contribution in [2.75, 3.05) is 25.0 Å². The third kappa shape index (κ3) is 5.19. The zero-order valence-electron chi connectivity index (χ0n) is 13.7. The molecule has 1 unspecified atom stereocenters. The molecule has 110 valence electrons. The molecular formula is C16H31N3. The van der Waals surface area contributed by atoms with Gasteiger partial charge in [0.1, 0.15) is 5.82 Å². The van der Waals surface area contributed by atoms with E-state index in [0.717, 1.165) is 18.9 Å². The molecule has 2 heterocycles. The van der Waals surface area contributed by atoms with Crippen LogP contribution in [-0.2, 0) is 0 Å². The largest absolute Gasteiger partial charge is 0.355 e. The summed E-state index contributed by atoms with van der Waals surface area (Å²) in [7, 11) is 2.03. The fraction of sp³-hybridized carbons (Fsp3) is 0.688. The Bertz CT molecular complexity index is 350. The van der Waals surface area contributed by atoms with Crippen LogP contribution in [0.25, 0.3) is 0 Å². The molecule has 0 aliphatic carbocycles. The van der Waals surface area contributed by atoms with Crippen LogP contribution in [0, 0.1) is 13.8 Å². The van der Waals surface area contributed by atoms with Crippen molar-refractivity contribution in [2.45, 2.75) is 54.0 Å². The first kappa shape index (κ1) is 17.9. The zero-order chi connectivity index (χ0) is 14.8.